The van der Waals surface area contributed by atoms with Crippen molar-refractivity contribution >= 4 is 16.8 Å². The number of nitrogens with one attached hydrogen (secondary N) is 1. The number of likely N-dealkylation sites (tertiary alicyclic amines) is 1. The quantitative estimate of drug-likeness (QED) is 0.772. The molecule has 0 spiro atoms. The third-order valence-corrected chi connectivity index (χ3v) is 5.03. The zero-order chi connectivity index (χ0) is 17.2. The van der Waals surface area contributed by atoms with Gasteiger partial charge in [0.1, 0.15) is 0 Å². The molecule has 1 aliphatic rings. The summed E-state index contributed by atoms with van der Waals surface area (Å²) in [5.41, 5.74) is 2.84. The summed E-state index contributed by atoms with van der Waals surface area (Å²) in [6.07, 6.45) is 0.530. The monoisotopic (exact) mass is 335 g/mol. The molecular weight excluding hydrogens is 314 g/mol. The standard InChI is InChI=1S/C20H21N3O2/c24-19-13-23(11-10-15(19)14-6-2-1-3-7-14)20(25)12-18-16-8-4-5-9-17(16)21-22-18/h1-9,15,19,24H,10-13H2,(H,21,22)/t15-,19+/m0/s1. The number of aromatic amines is 1. The fourth-order valence-electron chi connectivity index (χ4n) is 3.66. The molecule has 5 heteroatoms. The van der Waals surface area contributed by atoms with Crippen LogP contribution in [0.5, 0.6) is 0 Å². The molecule has 0 radical (unpaired) electrons. The van der Waals surface area contributed by atoms with Gasteiger partial charge in [-0.15, -0.1) is 0 Å². The van der Waals surface area contributed by atoms with Gasteiger partial charge in [-0.25, -0.2) is 0 Å². The lowest BCUT2D eigenvalue weighted by molar-refractivity contribution is -0.134. The molecule has 1 aromatic heterocycles. The maximum Gasteiger partial charge on any atom is 0.228 e. The third kappa shape index (κ3) is 3.15. The van der Waals surface area contributed by atoms with E-state index in [9.17, 15) is 9.90 Å². The van der Waals surface area contributed by atoms with E-state index in [1.807, 2.05) is 54.6 Å². The second-order valence-corrected chi connectivity index (χ2v) is 6.61. The van der Waals surface area contributed by atoms with Crippen LogP contribution in [0.2, 0.25) is 0 Å². The van der Waals surface area contributed by atoms with Crippen molar-refractivity contribution in [1.29, 1.82) is 0 Å². The number of aromatic nitrogens is 2. The molecule has 0 saturated carbocycles. The Bertz CT molecular complexity index is 875. The summed E-state index contributed by atoms with van der Waals surface area (Å²) in [6.45, 7) is 1.05. The lowest BCUT2D eigenvalue weighted by Gasteiger charge is -2.36. The van der Waals surface area contributed by atoms with Crippen LogP contribution in [0.3, 0.4) is 0 Å². The fraction of sp³-hybridized carbons (Fsp3) is 0.300. The van der Waals surface area contributed by atoms with Gasteiger partial charge in [0.05, 0.1) is 23.7 Å². The summed E-state index contributed by atoms with van der Waals surface area (Å²) in [5.74, 6) is 0.123. The van der Waals surface area contributed by atoms with E-state index >= 15 is 0 Å². The number of H-pyrrole nitrogens is 1. The molecule has 2 heterocycles. The number of aliphatic hydroxyl groups is 1. The molecule has 4 rings (SSSR count). The molecular formula is C20H21N3O2. The normalized spacial score (nSPS) is 20.8. The van der Waals surface area contributed by atoms with E-state index in [0.29, 0.717) is 13.1 Å². The first-order valence-corrected chi connectivity index (χ1v) is 8.65. The Labute approximate surface area is 146 Å². The number of hydrogen-bond acceptors (Lipinski definition) is 3. The van der Waals surface area contributed by atoms with E-state index in [-0.39, 0.29) is 18.2 Å². The van der Waals surface area contributed by atoms with E-state index in [2.05, 4.69) is 10.2 Å². The van der Waals surface area contributed by atoms with Crippen molar-refractivity contribution in [2.75, 3.05) is 13.1 Å². The van der Waals surface area contributed by atoms with Crippen molar-refractivity contribution in [3.63, 3.8) is 0 Å². The number of hydrogen-bond donors (Lipinski definition) is 2. The first kappa shape index (κ1) is 15.8. The van der Waals surface area contributed by atoms with Crippen molar-refractivity contribution in [3.8, 4) is 0 Å². The van der Waals surface area contributed by atoms with Crippen LogP contribution < -0.4 is 0 Å². The van der Waals surface area contributed by atoms with Gasteiger partial charge in [0.25, 0.3) is 0 Å². The smallest absolute Gasteiger partial charge is 0.228 e. The SMILES string of the molecule is O=C(Cc1[nH]nc2ccccc12)N1CC[C@@H](c2ccccc2)[C@H](O)C1. The summed E-state index contributed by atoms with van der Waals surface area (Å²) in [6, 6.07) is 17.8. The molecule has 0 bridgehead atoms. The van der Waals surface area contributed by atoms with Crippen LogP contribution in [-0.4, -0.2) is 45.3 Å². The Kier molecular flexibility index (Phi) is 4.24. The van der Waals surface area contributed by atoms with E-state index in [4.69, 9.17) is 0 Å². The minimum Gasteiger partial charge on any atom is -0.391 e. The fourth-order valence-corrected chi connectivity index (χ4v) is 3.66. The van der Waals surface area contributed by atoms with Crippen LogP contribution in [0.25, 0.3) is 10.9 Å². The number of fused-ring (bicyclic) bond motifs is 1. The zero-order valence-electron chi connectivity index (χ0n) is 13.9. The lowest BCUT2D eigenvalue weighted by atomic mass is 9.87. The number of β-amino-alcohol motifs (C(OH)–C–C–N with tert-alkyl or cyclic N) is 1. The van der Waals surface area contributed by atoms with Gasteiger partial charge < -0.3 is 10.0 Å². The number of aliphatic hydroxyl groups excluding tert-OH is 1. The van der Waals surface area contributed by atoms with Gasteiger partial charge in [-0.2, -0.15) is 5.10 Å². The molecule has 3 aromatic rings. The predicted molar refractivity (Wildman–Crippen MR) is 96.2 cm³/mol. The molecule has 1 amide bonds. The molecule has 1 saturated heterocycles. The van der Waals surface area contributed by atoms with Crippen LogP contribution in [0.4, 0.5) is 0 Å². The van der Waals surface area contributed by atoms with Crippen LogP contribution in [-0.2, 0) is 11.2 Å². The topological polar surface area (TPSA) is 69.2 Å². The Balaban J connectivity index is 1.44. The first-order chi connectivity index (χ1) is 12.2. The van der Waals surface area contributed by atoms with E-state index in [1.165, 1.54) is 0 Å². The number of amides is 1. The third-order valence-electron chi connectivity index (χ3n) is 5.03. The van der Waals surface area contributed by atoms with Gasteiger partial charge in [0, 0.05) is 24.4 Å². The highest BCUT2D eigenvalue weighted by molar-refractivity contribution is 5.87. The maximum atomic E-state index is 12.7. The highest BCUT2D eigenvalue weighted by Gasteiger charge is 2.31. The summed E-state index contributed by atoms with van der Waals surface area (Å²) >= 11 is 0. The summed E-state index contributed by atoms with van der Waals surface area (Å²) in [7, 11) is 0. The van der Waals surface area contributed by atoms with Crippen molar-refractivity contribution in [2.45, 2.75) is 24.9 Å². The second-order valence-electron chi connectivity index (χ2n) is 6.61. The number of piperidine rings is 1. The van der Waals surface area contributed by atoms with E-state index < -0.39 is 6.10 Å². The Morgan fingerprint density at radius 3 is 2.72 bits per heavy atom. The number of para-hydroxylation sites is 1. The molecule has 25 heavy (non-hydrogen) atoms. The predicted octanol–water partition coefficient (Wildman–Crippen LogP) is 2.48. The maximum absolute atomic E-state index is 12.7. The van der Waals surface area contributed by atoms with E-state index in [0.717, 1.165) is 28.6 Å². The summed E-state index contributed by atoms with van der Waals surface area (Å²) < 4.78 is 0. The number of rotatable bonds is 3. The van der Waals surface area contributed by atoms with Crippen LogP contribution in [0.15, 0.2) is 54.6 Å². The Hall–Kier alpha value is -2.66. The van der Waals surface area contributed by atoms with Gasteiger partial charge >= 0.3 is 0 Å². The number of carbonyl (C=O) groups is 1. The van der Waals surface area contributed by atoms with Crippen molar-refractivity contribution < 1.29 is 9.90 Å². The highest BCUT2D eigenvalue weighted by Crippen LogP contribution is 2.28. The van der Waals surface area contributed by atoms with Gasteiger partial charge in [0.2, 0.25) is 5.91 Å². The molecule has 1 fully saturated rings. The summed E-state index contributed by atoms with van der Waals surface area (Å²) in [4.78, 5) is 14.4. The largest absolute Gasteiger partial charge is 0.391 e. The van der Waals surface area contributed by atoms with Crippen LogP contribution in [0, 0.1) is 0 Å². The molecule has 5 nitrogen and oxygen atoms in total. The number of carbonyl (C=O) groups excluding carboxylic acids is 1. The van der Waals surface area contributed by atoms with E-state index in [1.54, 1.807) is 4.90 Å². The average molecular weight is 335 g/mol. The average Bonchev–Trinajstić information content (AvgIpc) is 3.05. The minimum absolute atomic E-state index is 0.0277. The molecule has 1 aliphatic heterocycles. The van der Waals surface area contributed by atoms with Gasteiger partial charge in [-0.3, -0.25) is 9.89 Å². The van der Waals surface area contributed by atoms with Gasteiger partial charge in [-0.05, 0) is 18.1 Å². The van der Waals surface area contributed by atoms with Crippen LogP contribution in [0.1, 0.15) is 23.6 Å². The molecule has 2 atom stereocenters. The highest BCUT2D eigenvalue weighted by atomic mass is 16.3. The molecule has 128 valence electrons. The minimum atomic E-state index is -0.529. The zero-order valence-corrected chi connectivity index (χ0v) is 13.9. The second kappa shape index (κ2) is 6.69. The Morgan fingerprint density at radius 2 is 1.92 bits per heavy atom. The molecule has 2 N–H and O–H groups in total. The van der Waals surface area contributed by atoms with Gasteiger partial charge in [0.15, 0.2) is 0 Å². The number of nitrogens with zero attached hydrogens (tertiary/aromatic N) is 2. The first-order valence-electron chi connectivity index (χ1n) is 8.65. The lowest BCUT2D eigenvalue weighted by Crippen LogP contribution is -2.46. The molecule has 0 aliphatic carbocycles. The molecule has 2 aromatic carbocycles. The Morgan fingerprint density at radius 1 is 1.16 bits per heavy atom. The van der Waals surface area contributed by atoms with Crippen molar-refractivity contribution in [1.82, 2.24) is 15.1 Å². The van der Waals surface area contributed by atoms with Gasteiger partial charge in [-0.1, -0.05) is 48.5 Å². The van der Waals surface area contributed by atoms with Crippen molar-refractivity contribution in [2.24, 2.45) is 0 Å². The summed E-state index contributed by atoms with van der Waals surface area (Å²) in [5, 5.41) is 18.7. The van der Waals surface area contributed by atoms with Crippen molar-refractivity contribution in [3.05, 3.63) is 65.9 Å². The molecule has 0 unspecified atom stereocenters. The number of benzene rings is 2. The van der Waals surface area contributed by atoms with Crippen LogP contribution >= 0.6 is 0 Å².